The van der Waals surface area contributed by atoms with Crippen molar-refractivity contribution in [3.63, 3.8) is 0 Å². The molecule has 0 bridgehead atoms. The highest BCUT2D eigenvalue weighted by molar-refractivity contribution is 5.90. The quantitative estimate of drug-likeness (QED) is 0.554. The van der Waals surface area contributed by atoms with Crippen LogP contribution >= 0.6 is 0 Å². The first-order valence-electron chi connectivity index (χ1n) is 11.1. The summed E-state index contributed by atoms with van der Waals surface area (Å²) in [6.07, 6.45) is 0.966. The van der Waals surface area contributed by atoms with Gasteiger partial charge in [-0.3, -0.25) is 0 Å². The molecule has 0 amide bonds. The number of piperidine rings is 1. The van der Waals surface area contributed by atoms with Crippen LogP contribution in [-0.2, 0) is 0 Å². The summed E-state index contributed by atoms with van der Waals surface area (Å²) in [5.41, 5.74) is 0.237. The fraction of sp³-hybridized carbons (Fsp3) is 0.458. The maximum Gasteiger partial charge on any atom is 0.266 e. The fourth-order valence-corrected chi connectivity index (χ4v) is 4.39. The number of nitrogens with zero attached hydrogens (tertiary/aromatic N) is 5. The second-order valence-electron chi connectivity index (χ2n) is 8.78. The van der Waals surface area contributed by atoms with Crippen molar-refractivity contribution in [2.75, 3.05) is 37.4 Å². The highest BCUT2D eigenvalue weighted by Gasteiger charge is 2.23. The zero-order valence-electron chi connectivity index (χ0n) is 19.3. The molecule has 1 unspecified atom stereocenters. The largest absolute Gasteiger partial charge is 0.363 e. The molecule has 1 aromatic carbocycles. The Labute approximate surface area is 191 Å². The van der Waals surface area contributed by atoms with Crippen LogP contribution in [-0.4, -0.2) is 53.1 Å². The summed E-state index contributed by atoms with van der Waals surface area (Å²) in [4.78, 5) is 18.1. The molecule has 4 rings (SSSR count). The van der Waals surface area contributed by atoms with Gasteiger partial charge in [-0.15, -0.1) is 0 Å². The molecule has 0 spiro atoms. The molecule has 3 heterocycles. The minimum atomic E-state index is -2.87. The molecule has 3 aromatic rings. The summed E-state index contributed by atoms with van der Waals surface area (Å²) in [5, 5.41) is 3.97. The Morgan fingerprint density at radius 1 is 1.12 bits per heavy atom. The van der Waals surface area contributed by atoms with Crippen LogP contribution in [0.5, 0.6) is 0 Å². The van der Waals surface area contributed by atoms with Gasteiger partial charge in [-0.05, 0) is 46.9 Å². The van der Waals surface area contributed by atoms with Crippen LogP contribution in [0.2, 0.25) is 0 Å². The number of rotatable bonds is 6. The maximum absolute atomic E-state index is 14.7. The van der Waals surface area contributed by atoms with E-state index in [1.54, 1.807) is 20.0 Å². The lowest BCUT2D eigenvalue weighted by molar-refractivity contribution is 0.146. The number of alkyl halides is 2. The first-order chi connectivity index (χ1) is 15.7. The smallest absolute Gasteiger partial charge is 0.266 e. The second-order valence-corrected chi connectivity index (χ2v) is 8.78. The molecule has 33 heavy (non-hydrogen) atoms. The second kappa shape index (κ2) is 9.51. The van der Waals surface area contributed by atoms with Crippen LogP contribution in [0.4, 0.5) is 24.8 Å². The molecule has 1 N–H and O–H groups in total. The molecule has 1 aliphatic heterocycles. The van der Waals surface area contributed by atoms with E-state index >= 15 is 0 Å². The number of hydrogen-bond donors (Lipinski definition) is 1. The molecule has 176 valence electrons. The molecular weight excluding hydrogens is 429 g/mol. The average molecular weight is 459 g/mol. The molecule has 1 aliphatic rings. The van der Waals surface area contributed by atoms with Crippen LogP contribution < -0.4 is 10.2 Å². The summed E-state index contributed by atoms with van der Waals surface area (Å²) < 4.78 is 41.0. The summed E-state index contributed by atoms with van der Waals surface area (Å²) in [6.45, 7) is 5.30. The van der Waals surface area contributed by atoms with E-state index in [0.29, 0.717) is 23.2 Å². The molecule has 0 saturated carbocycles. The average Bonchev–Trinajstić information content (AvgIpc) is 2.78. The molecule has 1 fully saturated rings. The number of anilines is 2. The zero-order valence-corrected chi connectivity index (χ0v) is 19.3. The standard InChI is InChI=1S/C24H29F3N6/c1-14(17-6-5-7-18(22(17)25)23(26)27)29-24-19-12-21(28-13-20(19)30-15(2)31-24)33-10-8-16(9-11-33)32(3)4/h5-7,12-14,16,23H,8-11H2,1-4H3,(H,29,30,31). The van der Waals surface area contributed by atoms with Crippen LogP contribution in [0.15, 0.2) is 30.5 Å². The SMILES string of the molecule is Cc1nc(NC(C)c2cccc(C(F)F)c2F)c2cc(N3CCC(N(C)C)CC3)ncc2n1. The Kier molecular flexibility index (Phi) is 6.69. The Morgan fingerprint density at radius 2 is 1.82 bits per heavy atom. The van der Waals surface area contributed by atoms with Crippen LogP contribution in [0, 0.1) is 12.7 Å². The number of nitrogens with one attached hydrogen (secondary N) is 1. The first-order valence-corrected chi connectivity index (χ1v) is 11.1. The van der Waals surface area contributed by atoms with E-state index in [1.165, 1.54) is 12.1 Å². The molecule has 0 aliphatic carbocycles. The van der Waals surface area contributed by atoms with E-state index in [9.17, 15) is 13.2 Å². The number of hydrogen-bond acceptors (Lipinski definition) is 6. The Hall–Kier alpha value is -2.94. The summed E-state index contributed by atoms with van der Waals surface area (Å²) in [7, 11) is 4.21. The molecule has 2 aromatic heterocycles. The third-order valence-corrected chi connectivity index (χ3v) is 6.31. The van der Waals surface area contributed by atoms with Crippen LogP contribution in [0.1, 0.15) is 49.2 Å². The number of fused-ring (bicyclic) bond motifs is 1. The van der Waals surface area contributed by atoms with Crippen molar-refractivity contribution in [3.8, 4) is 0 Å². The van der Waals surface area contributed by atoms with Crippen molar-refractivity contribution in [1.29, 1.82) is 0 Å². The number of benzene rings is 1. The molecule has 1 atom stereocenters. The Morgan fingerprint density at radius 3 is 2.48 bits per heavy atom. The van der Waals surface area contributed by atoms with E-state index in [2.05, 4.69) is 44.2 Å². The topological polar surface area (TPSA) is 57.2 Å². The third-order valence-electron chi connectivity index (χ3n) is 6.31. The van der Waals surface area contributed by atoms with Gasteiger partial charge in [0.25, 0.3) is 6.43 Å². The predicted octanol–water partition coefficient (Wildman–Crippen LogP) is 5.11. The van der Waals surface area contributed by atoms with E-state index in [-0.39, 0.29) is 5.56 Å². The number of aromatic nitrogens is 3. The van der Waals surface area contributed by atoms with E-state index in [1.807, 2.05) is 6.07 Å². The van der Waals surface area contributed by atoms with E-state index in [0.717, 1.165) is 43.2 Å². The van der Waals surface area contributed by atoms with Gasteiger partial charge in [0.15, 0.2) is 0 Å². The minimum Gasteiger partial charge on any atom is -0.363 e. The van der Waals surface area contributed by atoms with Crippen molar-refractivity contribution in [2.45, 2.75) is 45.2 Å². The van der Waals surface area contributed by atoms with Crippen molar-refractivity contribution >= 4 is 22.5 Å². The minimum absolute atomic E-state index is 0.164. The maximum atomic E-state index is 14.7. The Balaban J connectivity index is 1.64. The molecule has 6 nitrogen and oxygen atoms in total. The highest BCUT2D eigenvalue weighted by atomic mass is 19.3. The van der Waals surface area contributed by atoms with Crippen LogP contribution in [0.25, 0.3) is 10.9 Å². The lowest BCUT2D eigenvalue weighted by Gasteiger charge is -2.35. The van der Waals surface area contributed by atoms with Gasteiger partial charge in [-0.2, -0.15) is 0 Å². The fourth-order valence-electron chi connectivity index (χ4n) is 4.39. The summed E-state index contributed by atoms with van der Waals surface area (Å²) in [6, 6.07) is 6.00. The van der Waals surface area contributed by atoms with Gasteiger partial charge in [0.05, 0.1) is 23.3 Å². The van der Waals surface area contributed by atoms with Crippen molar-refractivity contribution in [3.05, 3.63) is 53.2 Å². The lowest BCUT2D eigenvalue weighted by Crippen LogP contribution is -2.42. The summed E-state index contributed by atoms with van der Waals surface area (Å²) >= 11 is 0. The van der Waals surface area contributed by atoms with Crippen molar-refractivity contribution < 1.29 is 13.2 Å². The molecular formula is C24H29F3N6. The number of pyridine rings is 1. The van der Waals surface area contributed by atoms with E-state index in [4.69, 9.17) is 0 Å². The van der Waals surface area contributed by atoms with Gasteiger partial charge in [-0.25, -0.2) is 28.1 Å². The third kappa shape index (κ3) is 4.88. The monoisotopic (exact) mass is 458 g/mol. The van der Waals surface area contributed by atoms with Gasteiger partial charge in [-0.1, -0.05) is 18.2 Å². The zero-order chi connectivity index (χ0) is 23.7. The number of aryl methyl sites for hydroxylation is 1. The highest BCUT2D eigenvalue weighted by Crippen LogP contribution is 2.31. The molecule has 0 radical (unpaired) electrons. The van der Waals surface area contributed by atoms with Crippen molar-refractivity contribution in [2.24, 2.45) is 0 Å². The predicted molar refractivity (Wildman–Crippen MR) is 124 cm³/mol. The van der Waals surface area contributed by atoms with Crippen molar-refractivity contribution in [1.82, 2.24) is 19.9 Å². The van der Waals surface area contributed by atoms with Gasteiger partial charge < -0.3 is 15.1 Å². The van der Waals surface area contributed by atoms with E-state index < -0.39 is 23.8 Å². The van der Waals surface area contributed by atoms with Gasteiger partial charge in [0.1, 0.15) is 23.3 Å². The normalized spacial score (nSPS) is 16.1. The number of halogens is 3. The Bertz CT molecular complexity index is 1130. The lowest BCUT2D eigenvalue weighted by atomic mass is 10.0. The first kappa shape index (κ1) is 23.2. The molecule has 9 heteroatoms. The molecule has 1 saturated heterocycles. The van der Waals surface area contributed by atoms with Crippen LogP contribution in [0.3, 0.4) is 0 Å². The summed E-state index contributed by atoms with van der Waals surface area (Å²) in [5.74, 6) is 1.02. The van der Waals surface area contributed by atoms with Gasteiger partial charge >= 0.3 is 0 Å². The van der Waals surface area contributed by atoms with Gasteiger partial charge in [0, 0.05) is 30.1 Å². The van der Waals surface area contributed by atoms with Gasteiger partial charge in [0.2, 0.25) is 0 Å².